The molecule has 0 saturated heterocycles. The highest BCUT2D eigenvalue weighted by Gasteiger charge is 2.17. The van der Waals surface area contributed by atoms with Crippen molar-refractivity contribution in [3.05, 3.63) is 74.7 Å². The number of hydrazine groups is 1. The third-order valence-corrected chi connectivity index (χ3v) is 5.52. The van der Waals surface area contributed by atoms with Crippen molar-refractivity contribution in [3.8, 4) is 5.75 Å². The predicted molar refractivity (Wildman–Crippen MR) is 118 cm³/mol. The smallest absolute Gasteiger partial charge is 0.281 e. The summed E-state index contributed by atoms with van der Waals surface area (Å²) >= 11 is 7.07. The normalized spacial score (nSPS) is 10.4. The molecule has 9 heteroatoms. The number of nitrogens with one attached hydrogen (secondary N) is 2. The van der Waals surface area contributed by atoms with E-state index in [1.807, 2.05) is 25.1 Å². The fourth-order valence-electron chi connectivity index (χ4n) is 2.57. The first-order valence-corrected chi connectivity index (χ1v) is 10.3. The molecule has 1 heterocycles. The molecule has 0 saturated carbocycles. The largest absolute Gasteiger partial charge is 0.486 e. The first-order chi connectivity index (χ1) is 14.3. The molecule has 7 nitrogen and oxygen atoms in total. The average Bonchev–Trinajstić information content (AvgIpc) is 3.12. The van der Waals surface area contributed by atoms with Gasteiger partial charge in [0.1, 0.15) is 22.2 Å². The minimum atomic E-state index is -0.431. The second kappa shape index (κ2) is 9.60. The van der Waals surface area contributed by atoms with Crippen LogP contribution >= 0.6 is 22.9 Å². The zero-order chi connectivity index (χ0) is 21.7. The molecule has 0 radical (unpaired) electrons. The summed E-state index contributed by atoms with van der Waals surface area (Å²) in [6, 6.07) is 14.1. The van der Waals surface area contributed by atoms with Gasteiger partial charge in [-0.15, -0.1) is 11.3 Å². The maximum atomic E-state index is 12.5. The van der Waals surface area contributed by atoms with Crippen LogP contribution in [0.5, 0.6) is 5.75 Å². The molecule has 156 valence electrons. The van der Waals surface area contributed by atoms with E-state index >= 15 is 0 Å². The highest BCUT2D eigenvalue weighted by molar-refractivity contribution is 7.13. The molecule has 0 unspecified atom stereocenters. The lowest BCUT2D eigenvalue weighted by Crippen LogP contribution is -2.41. The van der Waals surface area contributed by atoms with E-state index in [9.17, 15) is 9.59 Å². The quantitative estimate of drug-likeness (QED) is 0.564. The average molecular weight is 445 g/mol. The Morgan fingerprint density at radius 3 is 2.50 bits per heavy atom. The number of benzene rings is 2. The van der Waals surface area contributed by atoms with Gasteiger partial charge < -0.3 is 9.64 Å². The van der Waals surface area contributed by atoms with Crippen LogP contribution in [0.25, 0.3) is 0 Å². The number of aromatic nitrogens is 1. The van der Waals surface area contributed by atoms with Crippen molar-refractivity contribution < 1.29 is 14.3 Å². The summed E-state index contributed by atoms with van der Waals surface area (Å²) in [4.78, 5) is 31.5. The number of hydrogen-bond donors (Lipinski definition) is 2. The highest BCUT2D eigenvalue weighted by atomic mass is 35.5. The first-order valence-electron chi connectivity index (χ1n) is 9.06. The number of carbonyl (C=O) groups excluding carboxylic acids is 2. The molecule has 0 aliphatic rings. The van der Waals surface area contributed by atoms with Crippen molar-refractivity contribution in [2.75, 3.05) is 19.0 Å². The molecule has 0 spiro atoms. The van der Waals surface area contributed by atoms with E-state index in [1.54, 1.807) is 49.4 Å². The number of halogens is 1. The maximum Gasteiger partial charge on any atom is 0.281 e. The summed E-state index contributed by atoms with van der Waals surface area (Å²) in [5, 5.41) is 1.28. The standard InChI is InChI=1S/C21H21ClN4O3S/c1-13-19(30-18(23-13)12-29-17-9-7-15(22)8-10-17)21(28)25-24-20(27)14-5-4-6-16(11-14)26(2)3/h4-11H,12H2,1-3H3,(H,24,27)(H,25,28). The molecule has 0 aliphatic heterocycles. The lowest BCUT2D eigenvalue weighted by Gasteiger charge is -2.13. The van der Waals surface area contributed by atoms with Crippen LogP contribution in [0.1, 0.15) is 30.7 Å². The van der Waals surface area contributed by atoms with Crippen molar-refractivity contribution in [1.82, 2.24) is 15.8 Å². The minimum absolute atomic E-state index is 0.226. The lowest BCUT2D eigenvalue weighted by molar-refractivity contribution is 0.0848. The molecule has 0 atom stereocenters. The zero-order valence-corrected chi connectivity index (χ0v) is 18.3. The highest BCUT2D eigenvalue weighted by Crippen LogP contribution is 2.21. The first kappa shape index (κ1) is 21.6. The van der Waals surface area contributed by atoms with Crippen LogP contribution in [0, 0.1) is 6.92 Å². The van der Waals surface area contributed by atoms with Crippen molar-refractivity contribution in [3.63, 3.8) is 0 Å². The van der Waals surface area contributed by atoms with Gasteiger partial charge in [0, 0.05) is 30.4 Å². The summed E-state index contributed by atoms with van der Waals surface area (Å²) in [5.74, 6) is -0.175. The number of anilines is 1. The number of amides is 2. The Balaban J connectivity index is 1.58. The topological polar surface area (TPSA) is 83.6 Å². The van der Waals surface area contributed by atoms with Crippen molar-refractivity contribution in [2.24, 2.45) is 0 Å². The van der Waals surface area contributed by atoms with Crippen LogP contribution in [-0.4, -0.2) is 30.9 Å². The molecule has 0 bridgehead atoms. The molecule has 0 aliphatic carbocycles. The number of hydrogen-bond acceptors (Lipinski definition) is 6. The Bertz CT molecular complexity index is 1050. The van der Waals surface area contributed by atoms with Gasteiger partial charge in [0.2, 0.25) is 0 Å². The Morgan fingerprint density at radius 2 is 1.80 bits per heavy atom. The van der Waals surface area contributed by atoms with Gasteiger partial charge in [-0.05, 0) is 49.4 Å². The van der Waals surface area contributed by atoms with Crippen LogP contribution in [0.15, 0.2) is 48.5 Å². The Hall–Kier alpha value is -3.10. The van der Waals surface area contributed by atoms with Gasteiger partial charge in [-0.25, -0.2) is 4.98 Å². The second-order valence-electron chi connectivity index (χ2n) is 6.62. The maximum absolute atomic E-state index is 12.5. The number of thiazole rings is 1. The predicted octanol–water partition coefficient (Wildman–Crippen LogP) is 3.82. The van der Waals surface area contributed by atoms with Crippen molar-refractivity contribution >= 4 is 40.4 Å². The Morgan fingerprint density at radius 1 is 1.10 bits per heavy atom. The van der Waals surface area contributed by atoms with Gasteiger partial charge in [0.25, 0.3) is 11.8 Å². The number of carbonyl (C=O) groups is 2. The summed E-state index contributed by atoms with van der Waals surface area (Å²) in [5.41, 5.74) is 6.78. The molecule has 3 aromatic rings. The molecule has 3 rings (SSSR count). The summed E-state index contributed by atoms with van der Waals surface area (Å²) in [6.07, 6.45) is 0. The van der Waals surface area contributed by atoms with Crippen LogP contribution in [0.3, 0.4) is 0 Å². The van der Waals surface area contributed by atoms with Gasteiger partial charge in [-0.1, -0.05) is 17.7 Å². The summed E-state index contributed by atoms with van der Waals surface area (Å²) in [6.45, 7) is 1.96. The van der Waals surface area contributed by atoms with E-state index in [0.29, 0.717) is 31.9 Å². The number of rotatable bonds is 6. The van der Waals surface area contributed by atoms with Crippen LogP contribution < -0.4 is 20.5 Å². The van der Waals surface area contributed by atoms with E-state index < -0.39 is 11.8 Å². The molecular formula is C21H21ClN4O3S. The summed E-state index contributed by atoms with van der Waals surface area (Å²) < 4.78 is 5.67. The van der Waals surface area contributed by atoms with Crippen LogP contribution in [0.4, 0.5) is 5.69 Å². The van der Waals surface area contributed by atoms with Gasteiger partial charge in [0.15, 0.2) is 0 Å². The van der Waals surface area contributed by atoms with Crippen molar-refractivity contribution in [1.29, 1.82) is 0 Å². The Kier molecular flexibility index (Phi) is 6.91. The van der Waals surface area contributed by atoms with Gasteiger partial charge in [0.05, 0.1) is 5.69 Å². The number of nitrogens with zero attached hydrogens (tertiary/aromatic N) is 2. The van der Waals surface area contributed by atoms with Gasteiger partial charge in [-0.2, -0.15) is 0 Å². The van der Waals surface area contributed by atoms with Crippen LogP contribution in [0.2, 0.25) is 5.02 Å². The molecule has 2 amide bonds. The number of aryl methyl sites for hydroxylation is 1. The van der Waals surface area contributed by atoms with Crippen molar-refractivity contribution in [2.45, 2.75) is 13.5 Å². The summed E-state index contributed by atoms with van der Waals surface area (Å²) in [7, 11) is 3.78. The monoisotopic (exact) mass is 444 g/mol. The molecule has 2 N–H and O–H groups in total. The third kappa shape index (κ3) is 5.49. The van der Waals surface area contributed by atoms with Crippen LogP contribution in [-0.2, 0) is 6.61 Å². The van der Waals surface area contributed by atoms with Gasteiger partial charge >= 0.3 is 0 Å². The van der Waals surface area contributed by atoms with Gasteiger partial charge in [-0.3, -0.25) is 20.4 Å². The molecule has 1 aromatic heterocycles. The van der Waals surface area contributed by atoms with E-state index in [0.717, 1.165) is 5.69 Å². The van der Waals surface area contributed by atoms with E-state index in [-0.39, 0.29) is 6.61 Å². The molecule has 0 fully saturated rings. The fraction of sp³-hybridized carbons (Fsp3) is 0.190. The van der Waals surface area contributed by atoms with E-state index in [2.05, 4.69) is 15.8 Å². The third-order valence-electron chi connectivity index (χ3n) is 4.14. The lowest BCUT2D eigenvalue weighted by atomic mass is 10.2. The molecular weight excluding hydrogens is 424 g/mol. The number of ether oxygens (including phenoxy) is 1. The Labute approximate surface area is 183 Å². The van der Waals surface area contributed by atoms with E-state index in [1.165, 1.54) is 11.3 Å². The SMILES string of the molecule is Cc1nc(COc2ccc(Cl)cc2)sc1C(=O)NNC(=O)c1cccc(N(C)C)c1. The van der Waals surface area contributed by atoms with E-state index in [4.69, 9.17) is 16.3 Å². The minimum Gasteiger partial charge on any atom is -0.486 e. The zero-order valence-electron chi connectivity index (χ0n) is 16.7. The molecule has 30 heavy (non-hydrogen) atoms. The molecule has 2 aromatic carbocycles. The second-order valence-corrected chi connectivity index (χ2v) is 8.14. The fourth-order valence-corrected chi connectivity index (χ4v) is 3.57.